The molecule has 2 aromatic heterocycles. The molecule has 2 aromatic rings. The number of hydrogen-bond acceptors (Lipinski definition) is 4. The minimum atomic E-state index is -0.0460. The molecule has 6 heteroatoms. The second kappa shape index (κ2) is 6.49. The van der Waals surface area contributed by atoms with Crippen LogP contribution in [0.25, 0.3) is 0 Å². The fourth-order valence-electron chi connectivity index (χ4n) is 2.48. The molecule has 0 aliphatic carbocycles. The molecule has 0 radical (unpaired) electrons. The number of thioether (sulfide) groups is 1. The Balaban J connectivity index is 2.10. The van der Waals surface area contributed by atoms with Crippen molar-refractivity contribution in [1.29, 1.82) is 0 Å². The smallest absolute Gasteiger partial charge is 0.175 e. The van der Waals surface area contributed by atoms with E-state index in [1.54, 1.807) is 6.20 Å². The van der Waals surface area contributed by atoms with Gasteiger partial charge in [-0.2, -0.15) is 0 Å². The Morgan fingerprint density at radius 2 is 2.14 bits per heavy atom. The molecule has 0 atom stereocenters. The maximum atomic E-state index is 12.4. The van der Waals surface area contributed by atoms with E-state index in [1.165, 1.54) is 11.8 Å². The van der Waals surface area contributed by atoms with Gasteiger partial charge in [-0.15, -0.1) is 0 Å². The highest BCUT2D eigenvalue weighted by atomic mass is 32.2. The van der Waals surface area contributed by atoms with Gasteiger partial charge in [0.25, 0.3) is 0 Å². The second-order valence-corrected chi connectivity index (χ2v) is 5.93. The van der Waals surface area contributed by atoms with E-state index in [4.69, 9.17) is 5.11 Å². The van der Waals surface area contributed by atoms with Crippen molar-refractivity contribution in [3.63, 3.8) is 0 Å². The molecule has 0 saturated carbocycles. The van der Waals surface area contributed by atoms with Gasteiger partial charge in [-0.3, -0.25) is 4.79 Å². The molecule has 21 heavy (non-hydrogen) atoms. The SMILES string of the molecule is CCn1c(C)cc(C(=O)CSc2ncc(CO)n2C)c1C. The molecule has 5 nitrogen and oxygen atoms in total. The van der Waals surface area contributed by atoms with E-state index in [-0.39, 0.29) is 12.4 Å². The highest BCUT2D eigenvalue weighted by Crippen LogP contribution is 2.21. The van der Waals surface area contributed by atoms with Crippen molar-refractivity contribution in [2.45, 2.75) is 39.1 Å². The van der Waals surface area contributed by atoms with Gasteiger partial charge in [-0.05, 0) is 26.8 Å². The molecule has 0 aliphatic rings. The molecule has 0 spiro atoms. The zero-order valence-electron chi connectivity index (χ0n) is 12.9. The summed E-state index contributed by atoms with van der Waals surface area (Å²) in [5, 5.41) is 9.89. The van der Waals surface area contributed by atoms with Gasteiger partial charge in [0.1, 0.15) is 0 Å². The van der Waals surface area contributed by atoms with Crippen molar-refractivity contribution in [2.24, 2.45) is 7.05 Å². The highest BCUT2D eigenvalue weighted by molar-refractivity contribution is 7.99. The number of rotatable bonds is 6. The molecule has 0 aliphatic heterocycles. The summed E-state index contributed by atoms with van der Waals surface area (Å²) in [6.07, 6.45) is 1.63. The maximum absolute atomic E-state index is 12.4. The molecule has 0 unspecified atom stereocenters. The first kappa shape index (κ1) is 15.9. The lowest BCUT2D eigenvalue weighted by molar-refractivity contribution is 0.102. The van der Waals surface area contributed by atoms with Crippen LogP contribution in [-0.4, -0.2) is 30.8 Å². The number of imidazole rings is 1. The summed E-state index contributed by atoms with van der Waals surface area (Å²) in [7, 11) is 1.84. The van der Waals surface area contributed by atoms with Gasteiger partial charge in [-0.1, -0.05) is 11.8 Å². The predicted octanol–water partition coefficient (Wildman–Crippen LogP) is 2.33. The molecular formula is C15H21N3O2S. The Kier molecular flexibility index (Phi) is 4.90. The number of aryl methyl sites for hydroxylation is 1. The van der Waals surface area contributed by atoms with E-state index in [0.717, 1.165) is 34.3 Å². The van der Waals surface area contributed by atoms with Crippen LogP contribution < -0.4 is 0 Å². The minimum Gasteiger partial charge on any atom is -0.390 e. The largest absolute Gasteiger partial charge is 0.390 e. The quantitative estimate of drug-likeness (QED) is 0.657. The molecule has 0 aromatic carbocycles. The van der Waals surface area contributed by atoms with E-state index in [0.29, 0.717) is 5.75 Å². The van der Waals surface area contributed by atoms with Crippen molar-refractivity contribution in [3.8, 4) is 0 Å². The Hall–Kier alpha value is -1.53. The molecule has 0 bridgehead atoms. The number of aliphatic hydroxyl groups is 1. The first-order chi connectivity index (χ1) is 9.99. The zero-order valence-corrected chi connectivity index (χ0v) is 13.7. The number of aliphatic hydroxyl groups excluding tert-OH is 1. The summed E-state index contributed by atoms with van der Waals surface area (Å²) < 4.78 is 3.95. The Labute approximate surface area is 129 Å². The van der Waals surface area contributed by atoms with Crippen molar-refractivity contribution in [2.75, 3.05) is 5.75 Å². The van der Waals surface area contributed by atoms with Crippen LogP contribution in [0.15, 0.2) is 17.4 Å². The van der Waals surface area contributed by atoms with E-state index in [2.05, 4.69) is 16.5 Å². The van der Waals surface area contributed by atoms with Crippen LogP contribution in [0.1, 0.15) is 34.4 Å². The number of carbonyl (C=O) groups is 1. The number of ketones is 1. The normalized spacial score (nSPS) is 11.1. The number of carbonyl (C=O) groups excluding carboxylic acids is 1. The lowest BCUT2D eigenvalue weighted by Gasteiger charge is -2.06. The summed E-state index contributed by atoms with van der Waals surface area (Å²) >= 11 is 1.40. The van der Waals surface area contributed by atoms with Gasteiger partial charge in [0.05, 0.1) is 24.3 Å². The summed E-state index contributed by atoms with van der Waals surface area (Å²) in [5.41, 5.74) is 3.67. The first-order valence-corrected chi connectivity index (χ1v) is 7.92. The summed E-state index contributed by atoms with van der Waals surface area (Å²) in [6, 6.07) is 1.96. The summed E-state index contributed by atoms with van der Waals surface area (Å²) in [4.78, 5) is 16.6. The molecule has 2 rings (SSSR count). The van der Waals surface area contributed by atoms with Crippen LogP contribution in [0.5, 0.6) is 0 Å². The van der Waals surface area contributed by atoms with E-state index in [9.17, 15) is 4.79 Å². The van der Waals surface area contributed by atoms with Crippen molar-refractivity contribution in [3.05, 3.63) is 34.9 Å². The number of Topliss-reactive ketones (excluding diaryl/α,β-unsaturated/α-hetero) is 1. The van der Waals surface area contributed by atoms with Crippen LogP contribution >= 0.6 is 11.8 Å². The zero-order chi connectivity index (χ0) is 15.6. The predicted molar refractivity (Wildman–Crippen MR) is 83.8 cm³/mol. The third kappa shape index (κ3) is 3.06. The molecule has 0 saturated heterocycles. The monoisotopic (exact) mass is 307 g/mol. The molecule has 1 N–H and O–H groups in total. The fourth-order valence-corrected chi connectivity index (χ4v) is 3.34. The van der Waals surface area contributed by atoms with Crippen LogP contribution in [0.3, 0.4) is 0 Å². The van der Waals surface area contributed by atoms with E-state index in [1.807, 2.05) is 31.5 Å². The van der Waals surface area contributed by atoms with Gasteiger partial charge in [0, 0.05) is 30.5 Å². The van der Waals surface area contributed by atoms with Gasteiger partial charge in [-0.25, -0.2) is 4.98 Å². The highest BCUT2D eigenvalue weighted by Gasteiger charge is 2.16. The van der Waals surface area contributed by atoms with Gasteiger partial charge in [0.15, 0.2) is 10.9 Å². The van der Waals surface area contributed by atoms with Gasteiger partial charge < -0.3 is 14.2 Å². The summed E-state index contributed by atoms with van der Waals surface area (Å²) in [6.45, 7) is 6.91. The lowest BCUT2D eigenvalue weighted by Crippen LogP contribution is -2.07. The third-order valence-corrected chi connectivity index (χ3v) is 4.77. The van der Waals surface area contributed by atoms with Crippen LogP contribution in [0.2, 0.25) is 0 Å². The lowest BCUT2D eigenvalue weighted by atomic mass is 10.2. The molecule has 0 amide bonds. The summed E-state index contributed by atoms with van der Waals surface area (Å²) in [5.74, 6) is 0.463. The van der Waals surface area contributed by atoms with Crippen LogP contribution in [0.4, 0.5) is 0 Å². The minimum absolute atomic E-state index is 0.0460. The van der Waals surface area contributed by atoms with Crippen molar-refractivity contribution < 1.29 is 9.90 Å². The van der Waals surface area contributed by atoms with Gasteiger partial charge in [0.2, 0.25) is 0 Å². The number of aromatic nitrogens is 3. The Morgan fingerprint density at radius 3 is 2.67 bits per heavy atom. The molecule has 0 fully saturated rings. The molecule has 114 valence electrons. The third-order valence-electron chi connectivity index (χ3n) is 3.73. The first-order valence-electron chi connectivity index (χ1n) is 6.93. The van der Waals surface area contributed by atoms with Crippen molar-refractivity contribution >= 4 is 17.5 Å². The Bertz CT molecular complexity index is 658. The van der Waals surface area contributed by atoms with E-state index >= 15 is 0 Å². The van der Waals surface area contributed by atoms with Crippen LogP contribution in [0, 0.1) is 13.8 Å². The number of hydrogen-bond donors (Lipinski definition) is 1. The standard InChI is InChI=1S/C15H21N3O2S/c1-5-18-10(2)6-13(11(18)3)14(20)9-21-15-16-7-12(8-19)17(15)4/h6-7,19H,5,8-9H2,1-4H3. The van der Waals surface area contributed by atoms with Gasteiger partial charge >= 0.3 is 0 Å². The fraction of sp³-hybridized carbons (Fsp3) is 0.467. The number of nitrogens with zero attached hydrogens (tertiary/aromatic N) is 3. The second-order valence-electron chi connectivity index (χ2n) is 4.99. The molecule has 2 heterocycles. The Morgan fingerprint density at radius 1 is 1.43 bits per heavy atom. The molecular weight excluding hydrogens is 286 g/mol. The maximum Gasteiger partial charge on any atom is 0.175 e. The van der Waals surface area contributed by atoms with Crippen LogP contribution in [-0.2, 0) is 20.2 Å². The van der Waals surface area contributed by atoms with Crippen molar-refractivity contribution in [1.82, 2.24) is 14.1 Å². The average molecular weight is 307 g/mol. The average Bonchev–Trinajstić information content (AvgIpc) is 2.96. The topological polar surface area (TPSA) is 60.1 Å². The van der Waals surface area contributed by atoms with E-state index < -0.39 is 0 Å².